The summed E-state index contributed by atoms with van der Waals surface area (Å²) in [7, 11) is 0. The number of unbranched alkanes of at least 4 members (excludes halogenated alkanes) is 2. The van der Waals surface area contributed by atoms with Crippen LogP contribution in [0.3, 0.4) is 0 Å². The highest BCUT2D eigenvalue weighted by Gasteiger charge is 2.32. The molecule has 0 aliphatic heterocycles. The molecule has 26 heavy (non-hydrogen) atoms. The Morgan fingerprint density at radius 2 is 2.00 bits per heavy atom. The second kappa shape index (κ2) is 8.20. The van der Waals surface area contributed by atoms with Crippen LogP contribution in [0.15, 0.2) is 22.7 Å². The highest BCUT2D eigenvalue weighted by molar-refractivity contribution is 9.10. The van der Waals surface area contributed by atoms with Crippen molar-refractivity contribution in [2.45, 2.75) is 59.5 Å². The molecule has 0 saturated heterocycles. The summed E-state index contributed by atoms with van der Waals surface area (Å²) in [6.07, 6.45) is 3.22. The molecule has 0 bridgehead atoms. The normalized spacial score (nSPS) is 13.0. The third-order valence-electron chi connectivity index (χ3n) is 4.33. The highest BCUT2D eigenvalue weighted by atomic mass is 79.9. The van der Waals surface area contributed by atoms with Crippen LogP contribution in [0.5, 0.6) is 0 Å². The maximum atomic E-state index is 12.9. The molecule has 1 unspecified atom stereocenters. The van der Waals surface area contributed by atoms with E-state index in [1.165, 1.54) is 0 Å². The zero-order chi connectivity index (χ0) is 19.5. The number of nitrogens with zero attached hydrogens (tertiary/aromatic N) is 2. The summed E-state index contributed by atoms with van der Waals surface area (Å²) in [6, 6.07) is 4.99. The van der Waals surface area contributed by atoms with Crippen LogP contribution >= 0.6 is 15.9 Å². The number of aromatic nitrogens is 2. The first kappa shape index (κ1) is 20.4. The zero-order valence-electron chi connectivity index (χ0n) is 15.8. The van der Waals surface area contributed by atoms with E-state index < -0.39 is 17.4 Å². The van der Waals surface area contributed by atoms with E-state index in [0.717, 1.165) is 41.2 Å². The number of nitrogens with two attached hydrogens (primary N) is 1. The summed E-state index contributed by atoms with van der Waals surface area (Å²) in [4.78, 5) is 24.6. The van der Waals surface area contributed by atoms with Gasteiger partial charge in [0.15, 0.2) is 5.69 Å². The van der Waals surface area contributed by atoms with Gasteiger partial charge in [0.2, 0.25) is 5.91 Å². The molecule has 1 heterocycles. The molecule has 142 valence electrons. The van der Waals surface area contributed by atoms with Gasteiger partial charge in [0, 0.05) is 16.4 Å². The lowest BCUT2D eigenvalue weighted by molar-refractivity contribution is -0.122. The van der Waals surface area contributed by atoms with Crippen LogP contribution in [0.2, 0.25) is 0 Å². The van der Waals surface area contributed by atoms with Crippen LogP contribution < -0.4 is 11.1 Å². The quantitative estimate of drug-likeness (QED) is 0.667. The van der Waals surface area contributed by atoms with Crippen LogP contribution in [-0.2, 0) is 11.3 Å². The Morgan fingerprint density at radius 3 is 2.58 bits per heavy atom. The van der Waals surface area contributed by atoms with Crippen LogP contribution in [0.1, 0.15) is 57.4 Å². The van der Waals surface area contributed by atoms with Crippen LogP contribution in [0, 0.1) is 5.41 Å². The number of carbonyl (C=O) groups is 2. The summed E-state index contributed by atoms with van der Waals surface area (Å²) in [5.41, 5.74) is 6.22. The van der Waals surface area contributed by atoms with Crippen molar-refractivity contribution in [3.63, 3.8) is 0 Å². The summed E-state index contributed by atoms with van der Waals surface area (Å²) < 4.78 is 2.73. The fourth-order valence-electron chi connectivity index (χ4n) is 2.92. The number of amides is 2. The number of hydrogen-bond acceptors (Lipinski definition) is 3. The van der Waals surface area contributed by atoms with Crippen LogP contribution in [-0.4, -0.2) is 27.6 Å². The number of primary amides is 1. The third-order valence-corrected chi connectivity index (χ3v) is 4.82. The molecule has 2 aromatic rings. The van der Waals surface area contributed by atoms with Gasteiger partial charge in [0.1, 0.15) is 6.04 Å². The molecule has 0 fully saturated rings. The summed E-state index contributed by atoms with van der Waals surface area (Å²) in [5.74, 6) is -0.945. The maximum absolute atomic E-state index is 12.9. The van der Waals surface area contributed by atoms with Crippen molar-refractivity contribution in [3.8, 4) is 0 Å². The molecule has 2 amide bonds. The van der Waals surface area contributed by atoms with Crippen LogP contribution in [0.4, 0.5) is 0 Å². The fourth-order valence-corrected chi connectivity index (χ4v) is 3.28. The number of rotatable bonds is 7. The lowest BCUT2D eigenvalue weighted by Crippen LogP contribution is -2.52. The number of hydrogen-bond donors (Lipinski definition) is 2. The molecular weight excluding hydrogens is 396 g/mol. The molecule has 1 atom stereocenters. The molecule has 0 aliphatic rings. The zero-order valence-corrected chi connectivity index (χ0v) is 17.4. The van der Waals surface area contributed by atoms with E-state index in [-0.39, 0.29) is 5.91 Å². The predicted molar refractivity (Wildman–Crippen MR) is 107 cm³/mol. The van der Waals surface area contributed by atoms with Gasteiger partial charge >= 0.3 is 0 Å². The number of halogens is 1. The van der Waals surface area contributed by atoms with Crippen molar-refractivity contribution in [1.29, 1.82) is 0 Å². The summed E-state index contributed by atoms with van der Waals surface area (Å²) in [5, 5.41) is 8.04. The minimum atomic E-state index is -0.776. The minimum Gasteiger partial charge on any atom is -0.368 e. The van der Waals surface area contributed by atoms with Gasteiger partial charge in [-0.3, -0.25) is 14.3 Å². The second-order valence-corrected chi connectivity index (χ2v) is 8.53. The maximum Gasteiger partial charge on any atom is 0.273 e. The molecule has 0 aliphatic carbocycles. The van der Waals surface area contributed by atoms with E-state index in [1.54, 1.807) is 0 Å². The lowest BCUT2D eigenvalue weighted by Gasteiger charge is -2.28. The van der Waals surface area contributed by atoms with Gasteiger partial charge in [0.25, 0.3) is 5.91 Å². The van der Waals surface area contributed by atoms with Gasteiger partial charge in [0.05, 0.1) is 5.52 Å². The fraction of sp³-hybridized carbons (Fsp3) is 0.526. The first-order valence-electron chi connectivity index (χ1n) is 8.91. The van der Waals surface area contributed by atoms with E-state index in [9.17, 15) is 9.59 Å². The predicted octanol–water partition coefficient (Wildman–Crippen LogP) is 3.62. The van der Waals surface area contributed by atoms with Crippen molar-refractivity contribution < 1.29 is 9.59 Å². The van der Waals surface area contributed by atoms with E-state index in [0.29, 0.717) is 5.69 Å². The number of aryl methyl sites for hydroxylation is 1. The number of nitrogens with one attached hydrogen (secondary N) is 1. The summed E-state index contributed by atoms with van der Waals surface area (Å²) >= 11 is 3.45. The van der Waals surface area contributed by atoms with Gasteiger partial charge in [-0.25, -0.2) is 0 Å². The Labute approximate surface area is 162 Å². The molecule has 1 aromatic heterocycles. The molecule has 1 aromatic carbocycles. The number of fused-ring (bicyclic) bond motifs is 1. The van der Waals surface area contributed by atoms with Gasteiger partial charge < -0.3 is 11.1 Å². The smallest absolute Gasteiger partial charge is 0.273 e. The monoisotopic (exact) mass is 422 g/mol. The van der Waals surface area contributed by atoms with Gasteiger partial charge in [-0.1, -0.05) is 56.5 Å². The van der Waals surface area contributed by atoms with Crippen LogP contribution in [0.25, 0.3) is 10.9 Å². The highest BCUT2D eigenvalue weighted by Crippen LogP contribution is 2.25. The minimum absolute atomic E-state index is 0.313. The van der Waals surface area contributed by atoms with E-state index in [1.807, 2.05) is 43.7 Å². The standard InChI is InChI=1S/C19H27BrN4O2/c1-5-6-7-10-24-14-9-8-12(20)11-13(14)15(23-24)18(26)22-16(17(21)25)19(2,3)4/h8-9,11,16H,5-7,10H2,1-4H3,(H2,21,25)(H,22,26). The number of benzene rings is 1. The first-order chi connectivity index (χ1) is 12.1. The Morgan fingerprint density at radius 1 is 1.31 bits per heavy atom. The first-order valence-corrected chi connectivity index (χ1v) is 9.70. The summed E-state index contributed by atoms with van der Waals surface area (Å²) in [6.45, 7) is 8.48. The molecule has 7 heteroatoms. The second-order valence-electron chi connectivity index (χ2n) is 7.62. The van der Waals surface area contributed by atoms with Gasteiger partial charge in [-0.2, -0.15) is 5.10 Å². The van der Waals surface area contributed by atoms with E-state index in [4.69, 9.17) is 5.73 Å². The molecule has 0 radical (unpaired) electrons. The molecule has 2 rings (SSSR count). The molecule has 0 spiro atoms. The Kier molecular flexibility index (Phi) is 6.44. The Bertz CT molecular complexity index is 808. The average Bonchev–Trinajstić information content (AvgIpc) is 2.89. The Hall–Kier alpha value is -1.89. The molecule has 0 saturated carbocycles. The van der Waals surface area contributed by atoms with Crippen molar-refractivity contribution in [3.05, 3.63) is 28.4 Å². The molecule has 3 N–H and O–H groups in total. The largest absolute Gasteiger partial charge is 0.368 e. The molecular formula is C19H27BrN4O2. The van der Waals surface area contributed by atoms with Gasteiger partial charge in [-0.15, -0.1) is 0 Å². The van der Waals surface area contributed by atoms with Crippen molar-refractivity contribution >= 4 is 38.6 Å². The van der Waals surface area contributed by atoms with E-state index >= 15 is 0 Å². The van der Waals surface area contributed by atoms with Crippen molar-refractivity contribution in [1.82, 2.24) is 15.1 Å². The van der Waals surface area contributed by atoms with E-state index in [2.05, 4.69) is 33.3 Å². The topological polar surface area (TPSA) is 90.0 Å². The molecule has 6 nitrogen and oxygen atoms in total. The van der Waals surface area contributed by atoms with Crippen molar-refractivity contribution in [2.24, 2.45) is 11.1 Å². The SMILES string of the molecule is CCCCCn1nc(C(=O)NC(C(N)=O)C(C)(C)C)c2cc(Br)ccc21. The Balaban J connectivity index is 2.39. The third kappa shape index (κ3) is 4.63. The van der Waals surface area contributed by atoms with Crippen molar-refractivity contribution in [2.75, 3.05) is 0 Å². The lowest BCUT2D eigenvalue weighted by atomic mass is 9.86. The van der Waals surface area contributed by atoms with Gasteiger partial charge in [-0.05, 0) is 30.0 Å². The average molecular weight is 423 g/mol. The number of carbonyl (C=O) groups excluding carboxylic acids is 2.